The summed E-state index contributed by atoms with van der Waals surface area (Å²) in [6.07, 6.45) is -1.21. The molecule has 0 aliphatic carbocycles. The van der Waals surface area contributed by atoms with Gasteiger partial charge in [0.1, 0.15) is 11.9 Å². The highest BCUT2D eigenvalue weighted by Gasteiger charge is 2.39. The van der Waals surface area contributed by atoms with E-state index in [1.165, 1.54) is 13.8 Å². The molecule has 1 fully saturated rings. The first kappa shape index (κ1) is 30.5. The number of aliphatic carboxylic acids is 1. The molecule has 1 aromatic heterocycles. The Bertz CT molecular complexity index is 1400. The zero-order valence-electron chi connectivity index (χ0n) is 23.4. The van der Waals surface area contributed by atoms with Gasteiger partial charge in [0.25, 0.3) is 11.7 Å². The van der Waals surface area contributed by atoms with Crippen molar-refractivity contribution >= 4 is 29.2 Å². The van der Waals surface area contributed by atoms with E-state index in [9.17, 15) is 32.7 Å². The normalized spacial score (nSPS) is 14.7. The molecule has 1 aliphatic heterocycles. The second-order valence-corrected chi connectivity index (χ2v) is 10.6. The predicted molar refractivity (Wildman–Crippen MR) is 153 cm³/mol. The number of alkyl halides is 3. The van der Waals surface area contributed by atoms with E-state index in [1.54, 1.807) is 6.20 Å². The first-order valence-corrected chi connectivity index (χ1v) is 13.7. The van der Waals surface area contributed by atoms with Crippen molar-refractivity contribution in [1.29, 1.82) is 0 Å². The molecule has 3 aromatic rings. The van der Waals surface area contributed by atoms with Crippen molar-refractivity contribution in [3.05, 3.63) is 88.6 Å². The van der Waals surface area contributed by atoms with Crippen LogP contribution in [0, 0.1) is 19.8 Å². The van der Waals surface area contributed by atoms with E-state index in [1.807, 2.05) is 42.5 Å². The quantitative estimate of drug-likeness (QED) is 0.282. The number of hydrogen-bond acceptors (Lipinski definition) is 6. The van der Waals surface area contributed by atoms with E-state index in [0.717, 1.165) is 56.1 Å². The summed E-state index contributed by atoms with van der Waals surface area (Å²) in [5.41, 5.74) is 1.49. The number of carboxylic acid groups (broad SMARTS) is 1. The third-order valence-electron chi connectivity index (χ3n) is 7.48. The Hall–Kier alpha value is -4.41. The van der Waals surface area contributed by atoms with E-state index in [-0.39, 0.29) is 23.1 Å². The summed E-state index contributed by atoms with van der Waals surface area (Å²) in [5, 5.41) is 15.6. The standard InChI is InChI=1S/C31H33F3N4O4/c1-19-15-23(28(39)31(32,33)34)16-20(2)27(19)29(40)37-25(30(41)42)17-21-6-8-24(9-7-21)38-13-10-22(11-14-38)18-36-26-5-3-4-12-35-26/h3-9,12,15-16,22,25H,10-11,13-14,17-18H2,1-2H3,(H,35,36)(H,37,40)(H,41,42). The molecule has 4 rings (SSSR count). The van der Waals surface area contributed by atoms with Crippen molar-refractivity contribution in [2.75, 3.05) is 29.9 Å². The van der Waals surface area contributed by atoms with Crippen molar-refractivity contribution in [1.82, 2.24) is 10.3 Å². The summed E-state index contributed by atoms with van der Waals surface area (Å²) >= 11 is 0. The average Bonchev–Trinajstić information content (AvgIpc) is 2.95. The Morgan fingerprint density at radius 3 is 2.21 bits per heavy atom. The second-order valence-electron chi connectivity index (χ2n) is 10.6. The lowest BCUT2D eigenvalue weighted by molar-refractivity contribution is -0.139. The van der Waals surface area contributed by atoms with Crippen molar-refractivity contribution < 1.29 is 32.7 Å². The predicted octanol–water partition coefficient (Wildman–Crippen LogP) is 5.20. The highest BCUT2D eigenvalue weighted by Crippen LogP contribution is 2.26. The van der Waals surface area contributed by atoms with Crippen molar-refractivity contribution in [2.24, 2.45) is 5.92 Å². The lowest BCUT2D eigenvalue weighted by atomic mass is 9.95. The van der Waals surface area contributed by atoms with Gasteiger partial charge in [-0.2, -0.15) is 13.2 Å². The number of carbonyl (C=O) groups excluding carboxylic acids is 2. The van der Waals surface area contributed by atoms with Crippen LogP contribution in [-0.2, 0) is 11.2 Å². The molecule has 3 N–H and O–H groups in total. The molecule has 2 aromatic carbocycles. The number of halogens is 3. The van der Waals surface area contributed by atoms with Crippen molar-refractivity contribution in [3.8, 4) is 0 Å². The molecule has 2 heterocycles. The van der Waals surface area contributed by atoms with Gasteiger partial charge in [0.05, 0.1) is 0 Å². The highest BCUT2D eigenvalue weighted by molar-refractivity contribution is 6.04. The largest absolute Gasteiger partial charge is 0.480 e. The maximum absolute atomic E-state index is 13.0. The van der Waals surface area contributed by atoms with Crippen LogP contribution >= 0.6 is 0 Å². The van der Waals surface area contributed by atoms with Crippen LogP contribution in [0.5, 0.6) is 0 Å². The number of nitrogens with one attached hydrogen (secondary N) is 2. The molecule has 1 unspecified atom stereocenters. The van der Waals surface area contributed by atoms with Crippen molar-refractivity contribution in [3.63, 3.8) is 0 Å². The Morgan fingerprint density at radius 1 is 1.02 bits per heavy atom. The fraction of sp³-hybridized carbons (Fsp3) is 0.355. The topological polar surface area (TPSA) is 112 Å². The Labute approximate surface area is 242 Å². The molecule has 0 radical (unpaired) electrons. The molecule has 42 heavy (non-hydrogen) atoms. The maximum Gasteiger partial charge on any atom is 0.454 e. The van der Waals surface area contributed by atoms with E-state index in [2.05, 4.69) is 20.5 Å². The molecule has 0 saturated carbocycles. The number of piperidine rings is 1. The Balaban J connectivity index is 1.34. The molecular weight excluding hydrogens is 549 g/mol. The summed E-state index contributed by atoms with van der Waals surface area (Å²) in [6, 6.07) is 14.0. The van der Waals surface area contributed by atoms with Crippen LogP contribution in [-0.4, -0.2) is 59.6 Å². The van der Waals surface area contributed by atoms with Crippen LogP contribution in [0.4, 0.5) is 24.7 Å². The minimum absolute atomic E-state index is 0.0192. The molecule has 1 saturated heterocycles. The number of hydrogen-bond donors (Lipinski definition) is 3. The van der Waals surface area contributed by atoms with Crippen LogP contribution in [0.15, 0.2) is 60.8 Å². The number of pyridine rings is 1. The van der Waals surface area contributed by atoms with Crippen molar-refractivity contribution in [2.45, 2.75) is 45.3 Å². The van der Waals surface area contributed by atoms with Gasteiger partial charge in [0.2, 0.25) is 0 Å². The molecular formula is C31H33F3N4O4. The summed E-state index contributed by atoms with van der Waals surface area (Å²) in [5.74, 6) is -2.58. The molecule has 1 aliphatic rings. The van der Waals surface area contributed by atoms with Gasteiger partial charge in [-0.3, -0.25) is 9.59 Å². The maximum atomic E-state index is 13.0. The first-order valence-electron chi connectivity index (χ1n) is 13.7. The summed E-state index contributed by atoms with van der Waals surface area (Å²) in [4.78, 5) is 43.2. The van der Waals surface area contributed by atoms with E-state index in [0.29, 0.717) is 11.5 Å². The minimum Gasteiger partial charge on any atom is -0.480 e. The zero-order chi connectivity index (χ0) is 30.4. The smallest absolute Gasteiger partial charge is 0.454 e. The Kier molecular flexibility index (Phi) is 9.49. The number of amides is 1. The molecule has 0 bridgehead atoms. The second kappa shape index (κ2) is 13.1. The fourth-order valence-corrected chi connectivity index (χ4v) is 5.24. The van der Waals surface area contributed by atoms with Crippen LogP contribution in [0.1, 0.15) is 50.2 Å². The summed E-state index contributed by atoms with van der Waals surface area (Å²) in [7, 11) is 0. The number of ketones is 1. The lowest BCUT2D eigenvalue weighted by Gasteiger charge is -2.34. The number of nitrogens with zero attached hydrogens (tertiary/aromatic N) is 2. The van der Waals surface area contributed by atoms with E-state index >= 15 is 0 Å². The number of carboxylic acids is 1. The van der Waals surface area contributed by atoms with Gasteiger partial charge >= 0.3 is 12.1 Å². The number of carbonyl (C=O) groups is 3. The summed E-state index contributed by atoms with van der Waals surface area (Å²) in [6.45, 7) is 5.47. The van der Waals surface area contributed by atoms with Gasteiger partial charge < -0.3 is 20.6 Å². The molecule has 1 atom stereocenters. The Morgan fingerprint density at radius 2 is 1.67 bits per heavy atom. The van der Waals surface area contributed by atoms with Gasteiger partial charge in [0, 0.05) is 49.1 Å². The molecule has 8 nitrogen and oxygen atoms in total. The third kappa shape index (κ3) is 7.65. The van der Waals surface area contributed by atoms with E-state index < -0.39 is 35.4 Å². The molecule has 11 heteroatoms. The van der Waals surface area contributed by atoms with Gasteiger partial charge in [0.15, 0.2) is 0 Å². The number of rotatable bonds is 10. The monoisotopic (exact) mass is 582 g/mol. The number of aryl methyl sites for hydroxylation is 2. The van der Waals surface area contributed by atoms with Crippen LogP contribution in [0.2, 0.25) is 0 Å². The van der Waals surface area contributed by atoms with Gasteiger partial charge in [-0.15, -0.1) is 0 Å². The number of aromatic nitrogens is 1. The molecule has 0 spiro atoms. The molecule has 222 valence electrons. The SMILES string of the molecule is Cc1cc(C(=O)C(F)(F)F)cc(C)c1C(=O)NC(Cc1ccc(N2CCC(CNc3ccccn3)CC2)cc1)C(=O)O. The zero-order valence-corrected chi connectivity index (χ0v) is 23.4. The fourth-order valence-electron chi connectivity index (χ4n) is 5.24. The number of anilines is 2. The van der Waals surface area contributed by atoms with Crippen LogP contribution < -0.4 is 15.5 Å². The van der Waals surface area contributed by atoms with Gasteiger partial charge in [-0.05, 0) is 85.7 Å². The number of Topliss-reactive ketones (excluding diaryl/α,β-unsaturated/α-hetero) is 1. The first-order chi connectivity index (χ1) is 19.9. The molecule has 1 amide bonds. The third-order valence-corrected chi connectivity index (χ3v) is 7.48. The highest BCUT2D eigenvalue weighted by atomic mass is 19.4. The lowest BCUT2D eigenvalue weighted by Crippen LogP contribution is -2.42. The minimum atomic E-state index is -5.04. The van der Waals surface area contributed by atoms with Crippen LogP contribution in [0.25, 0.3) is 0 Å². The number of benzene rings is 2. The van der Waals surface area contributed by atoms with E-state index in [4.69, 9.17) is 0 Å². The average molecular weight is 583 g/mol. The van der Waals surface area contributed by atoms with Crippen LogP contribution in [0.3, 0.4) is 0 Å². The van der Waals surface area contributed by atoms with Gasteiger partial charge in [-0.25, -0.2) is 9.78 Å². The summed E-state index contributed by atoms with van der Waals surface area (Å²) < 4.78 is 38.6. The van der Waals surface area contributed by atoms with Gasteiger partial charge in [-0.1, -0.05) is 18.2 Å².